The van der Waals surface area contributed by atoms with Crippen LogP contribution in [-0.2, 0) is 0 Å². The molecule has 0 fully saturated rings. The first kappa shape index (κ1) is 16.8. The number of ketones is 1. The lowest BCUT2D eigenvalue weighted by Crippen LogP contribution is -2.07. The maximum atomic E-state index is 12.5. The van der Waals surface area contributed by atoms with Gasteiger partial charge in [0.1, 0.15) is 25.1 Å². The summed E-state index contributed by atoms with van der Waals surface area (Å²) in [5, 5.41) is 0. The van der Waals surface area contributed by atoms with Gasteiger partial charge in [0.2, 0.25) is 0 Å². The van der Waals surface area contributed by atoms with Gasteiger partial charge < -0.3 is 9.47 Å². The Morgan fingerprint density at radius 3 is 1.92 bits per heavy atom. The highest BCUT2D eigenvalue weighted by atomic mass is 16.5. The van der Waals surface area contributed by atoms with Gasteiger partial charge in [0.25, 0.3) is 0 Å². The first-order valence-electron chi connectivity index (χ1n) is 8.11. The Kier molecular flexibility index (Phi) is 4.89. The molecule has 3 rings (SSSR count). The van der Waals surface area contributed by atoms with Gasteiger partial charge in [-0.25, -0.2) is 0 Å². The highest BCUT2D eigenvalue weighted by Crippen LogP contribution is 2.22. The Labute approximate surface area is 148 Å². The van der Waals surface area contributed by atoms with Crippen LogP contribution in [0.3, 0.4) is 0 Å². The third kappa shape index (κ3) is 3.91. The maximum absolute atomic E-state index is 12.5. The predicted molar refractivity (Wildman–Crippen MR) is 102 cm³/mol. The zero-order chi connectivity index (χ0) is 17.8. The molecule has 0 spiro atoms. The molecule has 0 aliphatic carbocycles. The summed E-state index contributed by atoms with van der Waals surface area (Å²) in [4.78, 5) is 12.5. The number of carbonyl (C=O) groups is 1. The summed E-state index contributed by atoms with van der Waals surface area (Å²) in [6.45, 7) is 2.05. The minimum atomic E-state index is -0.0271. The lowest BCUT2D eigenvalue weighted by atomic mass is 9.93. The van der Waals surface area contributed by atoms with Crippen molar-refractivity contribution in [1.29, 1.82) is 0 Å². The quantitative estimate of drug-likeness (QED) is 0.532. The minimum Gasteiger partial charge on any atom is -0.497 e. The van der Waals surface area contributed by atoms with Crippen molar-refractivity contribution in [2.24, 2.45) is 0 Å². The minimum absolute atomic E-state index is 0.0271. The van der Waals surface area contributed by atoms with Crippen molar-refractivity contribution in [3.63, 3.8) is 0 Å². The van der Waals surface area contributed by atoms with E-state index in [4.69, 9.17) is 9.47 Å². The zero-order valence-corrected chi connectivity index (χ0v) is 14.6. The summed E-state index contributed by atoms with van der Waals surface area (Å²) in [5.41, 5.74) is 3.53. The standard InChI is InChI=1S/C21H19BO3/c1-14-3-12-20(19(22)13-14)25-18-10-6-16(7-11-18)21(23)15-4-8-17(24-2)9-5-15/h3-13H,22H2,1-2H3. The average Bonchev–Trinajstić information content (AvgIpc) is 2.64. The molecule has 0 unspecified atom stereocenters. The number of aryl methyl sites for hydroxylation is 1. The molecule has 3 aromatic carbocycles. The number of rotatable bonds is 5. The molecule has 0 saturated heterocycles. The third-order valence-electron chi connectivity index (χ3n) is 4.03. The Morgan fingerprint density at radius 2 is 1.40 bits per heavy atom. The lowest BCUT2D eigenvalue weighted by molar-refractivity contribution is 0.103. The van der Waals surface area contributed by atoms with Crippen LogP contribution in [-0.4, -0.2) is 20.7 Å². The number of carbonyl (C=O) groups excluding carboxylic acids is 1. The second kappa shape index (κ2) is 7.26. The molecule has 0 atom stereocenters. The van der Waals surface area contributed by atoms with Crippen LogP contribution in [0.1, 0.15) is 21.5 Å². The molecule has 0 heterocycles. The summed E-state index contributed by atoms with van der Waals surface area (Å²) < 4.78 is 11.0. The fraction of sp³-hybridized carbons (Fsp3) is 0.0952. The summed E-state index contributed by atoms with van der Waals surface area (Å²) in [5.74, 6) is 2.23. The summed E-state index contributed by atoms with van der Waals surface area (Å²) in [7, 11) is 3.62. The fourth-order valence-electron chi connectivity index (χ4n) is 2.62. The van der Waals surface area contributed by atoms with Crippen LogP contribution < -0.4 is 14.9 Å². The first-order valence-corrected chi connectivity index (χ1v) is 8.11. The Hall–Kier alpha value is -3.01. The van der Waals surface area contributed by atoms with Crippen LogP contribution in [0.2, 0.25) is 0 Å². The highest BCUT2D eigenvalue weighted by molar-refractivity contribution is 6.34. The van der Waals surface area contributed by atoms with Crippen LogP contribution in [0.4, 0.5) is 0 Å². The molecule has 3 aromatic rings. The Morgan fingerprint density at radius 1 is 0.840 bits per heavy atom. The maximum Gasteiger partial charge on any atom is 0.193 e. The molecule has 0 N–H and O–H groups in total. The van der Waals surface area contributed by atoms with Crippen molar-refractivity contribution in [1.82, 2.24) is 0 Å². The number of benzene rings is 3. The third-order valence-corrected chi connectivity index (χ3v) is 4.03. The number of hydrogen-bond donors (Lipinski definition) is 0. The van der Waals surface area contributed by atoms with Crippen LogP contribution in [0.15, 0.2) is 66.7 Å². The van der Waals surface area contributed by atoms with Crippen molar-refractivity contribution < 1.29 is 14.3 Å². The largest absolute Gasteiger partial charge is 0.497 e. The molecule has 0 aliphatic heterocycles. The molecule has 0 saturated carbocycles. The normalized spacial score (nSPS) is 10.3. The van der Waals surface area contributed by atoms with Crippen LogP contribution in [0.25, 0.3) is 0 Å². The summed E-state index contributed by atoms with van der Waals surface area (Å²) in [6, 6.07) is 20.4. The van der Waals surface area contributed by atoms with E-state index in [2.05, 4.69) is 13.0 Å². The van der Waals surface area contributed by atoms with Crippen LogP contribution in [0.5, 0.6) is 17.2 Å². The fourth-order valence-corrected chi connectivity index (χ4v) is 2.62. The molecule has 0 amide bonds. The van der Waals surface area contributed by atoms with Gasteiger partial charge >= 0.3 is 0 Å². The zero-order valence-electron chi connectivity index (χ0n) is 14.6. The van der Waals surface area contributed by atoms with Crippen molar-refractivity contribution in [2.45, 2.75) is 6.92 Å². The molecule has 0 aromatic heterocycles. The van der Waals surface area contributed by atoms with Crippen LogP contribution in [0, 0.1) is 6.92 Å². The molecular weight excluding hydrogens is 311 g/mol. The van der Waals surface area contributed by atoms with E-state index in [0.717, 1.165) is 17.0 Å². The van der Waals surface area contributed by atoms with Gasteiger partial charge in [0.15, 0.2) is 5.78 Å². The molecule has 4 heteroatoms. The van der Waals surface area contributed by atoms with Gasteiger partial charge in [-0.15, -0.1) is 0 Å². The number of ether oxygens (including phenoxy) is 2. The van der Waals surface area contributed by atoms with E-state index in [9.17, 15) is 4.79 Å². The van der Waals surface area contributed by atoms with Crippen LogP contribution >= 0.6 is 0 Å². The van der Waals surface area contributed by atoms with E-state index in [1.165, 1.54) is 5.56 Å². The first-order chi connectivity index (χ1) is 12.1. The monoisotopic (exact) mass is 330 g/mol. The van der Waals surface area contributed by atoms with E-state index < -0.39 is 0 Å². The molecule has 124 valence electrons. The van der Waals surface area contributed by atoms with Crippen molar-refractivity contribution in [2.75, 3.05) is 7.11 Å². The van der Waals surface area contributed by atoms with Gasteiger partial charge in [-0.05, 0) is 67.0 Å². The van der Waals surface area contributed by atoms with Crippen molar-refractivity contribution >= 4 is 19.1 Å². The van der Waals surface area contributed by atoms with E-state index in [1.807, 2.05) is 32.1 Å². The molecule has 0 bridgehead atoms. The Bertz CT molecular complexity index is 884. The lowest BCUT2D eigenvalue weighted by Gasteiger charge is -2.10. The second-order valence-corrected chi connectivity index (χ2v) is 5.95. The predicted octanol–water partition coefficient (Wildman–Crippen LogP) is 3.29. The molecular formula is C21H19BO3. The highest BCUT2D eigenvalue weighted by Gasteiger charge is 2.10. The van der Waals surface area contributed by atoms with Gasteiger partial charge in [-0.3, -0.25) is 4.79 Å². The van der Waals surface area contributed by atoms with Crippen molar-refractivity contribution in [3.05, 3.63) is 83.4 Å². The second-order valence-electron chi connectivity index (χ2n) is 5.95. The smallest absolute Gasteiger partial charge is 0.193 e. The molecule has 25 heavy (non-hydrogen) atoms. The summed E-state index contributed by atoms with van der Waals surface area (Å²) in [6.07, 6.45) is 0. The van der Waals surface area contributed by atoms with Gasteiger partial charge in [0, 0.05) is 11.1 Å². The van der Waals surface area contributed by atoms with Gasteiger partial charge in [-0.2, -0.15) is 0 Å². The number of methoxy groups -OCH3 is 1. The topological polar surface area (TPSA) is 35.5 Å². The Balaban J connectivity index is 1.75. The van der Waals surface area contributed by atoms with E-state index in [1.54, 1.807) is 43.5 Å². The molecule has 3 nitrogen and oxygen atoms in total. The molecule has 0 radical (unpaired) electrons. The number of hydrogen-bond acceptors (Lipinski definition) is 3. The van der Waals surface area contributed by atoms with Gasteiger partial charge in [0.05, 0.1) is 7.11 Å². The average molecular weight is 330 g/mol. The van der Waals surface area contributed by atoms with E-state index in [0.29, 0.717) is 16.9 Å². The van der Waals surface area contributed by atoms with Gasteiger partial charge in [-0.1, -0.05) is 17.7 Å². The van der Waals surface area contributed by atoms with E-state index in [-0.39, 0.29) is 5.78 Å². The SMILES string of the molecule is Bc1cc(C)ccc1Oc1ccc(C(=O)c2ccc(OC)cc2)cc1. The summed E-state index contributed by atoms with van der Waals surface area (Å²) >= 11 is 0. The van der Waals surface area contributed by atoms with Crippen molar-refractivity contribution in [3.8, 4) is 17.2 Å². The molecule has 0 aliphatic rings. The van der Waals surface area contributed by atoms with E-state index >= 15 is 0 Å².